The van der Waals surface area contributed by atoms with Crippen LogP contribution in [0.4, 0.5) is 0 Å². The van der Waals surface area contributed by atoms with Crippen LogP contribution in [0.2, 0.25) is 0 Å². The fourth-order valence-electron chi connectivity index (χ4n) is 1.34. The minimum Gasteiger partial charge on any atom is -0.479 e. The highest BCUT2D eigenvalue weighted by Gasteiger charge is 2.14. The fraction of sp³-hybridized carbons (Fsp3) is 0.0833. The van der Waals surface area contributed by atoms with E-state index < -0.39 is 18.5 Å². The number of rotatable bonds is 5. The van der Waals surface area contributed by atoms with Gasteiger partial charge in [-0.15, -0.1) is 0 Å². The molecule has 0 aliphatic heterocycles. The molecule has 1 aromatic carbocycles. The van der Waals surface area contributed by atoms with Crippen LogP contribution in [0.25, 0.3) is 11.3 Å². The highest BCUT2D eigenvalue weighted by Crippen LogP contribution is 2.18. The average molecular weight is 262 g/mol. The van der Waals surface area contributed by atoms with E-state index in [1.165, 1.54) is 6.07 Å². The number of hydroxylamine groups is 1. The standard InChI is InChI=1S/C12H10N2O5/c15-11(16)7-18-14-12(17)10-6-9(13-19-10)8-4-2-1-3-5-8/h1-6H,7H2,(H,14,17)(H,15,16). The number of carbonyl (C=O) groups excluding carboxylic acids is 1. The number of carboxylic acids is 1. The molecule has 0 radical (unpaired) electrons. The van der Waals surface area contributed by atoms with Crippen molar-refractivity contribution in [2.24, 2.45) is 0 Å². The lowest BCUT2D eigenvalue weighted by atomic mass is 10.1. The number of amides is 1. The van der Waals surface area contributed by atoms with Gasteiger partial charge in [0.2, 0.25) is 5.76 Å². The summed E-state index contributed by atoms with van der Waals surface area (Å²) in [6.45, 7) is -0.634. The van der Waals surface area contributed by atoms with Gasteiger partial charge < -0.3 is 9.63 Å². The van der Waals surface area contributed by atoms with Gasteiger partial charge in [0.25, 0.3) is 0 Å². The molecule has 0 saturated carbocycles. The van der Waals surface area contributed by atoms with Gasteiger partial charge in [-0.1, -0.05) is 35.5 Å². The van der Waals surface area contributed by atoms with Crippen molar-refractivity contribution in [1.29, 1.82) is 0 Å². The summed E-state index contributed by atoms with van der Waals surface area (Å²) in [7, 11) is 0. The van der Waals surface area contributed by atoms with Gasteiger partial charge in [0.1, 0.15) is 5.69 Å². The summed E-state index contributed by atoms with van der Waals surface area (Å²) >= 11 is 0. The van der Waals surface area contributed by atoms with Crippen molar-refractivity contribution in [1.82, 2.24) is 10.6 Å². The summed E-state index contributed by atoms with van der Waals surface area (Å²) in [5, 5.41) is 12.1. The predicted octanol–water partition coefficient (Wildman–Crippen LogP) is 1.09. The van der Waals surface area contributed by atoms with E-state index in [1.807, 2.05) is 35.8 Å². The van der Waals surface area contributed by atoms with Crippen molar-refractivity contribution < 1.29 is 24.1 Å². The summed E-state index contributed by atoms with van der Waals surface area (Å²) < 4.78 is 4.85. The van der Waals surface area contributed by atoms with E-state index in [-0.39, 0.29) is 5.76 Å². The van der Waals surface area contributed by atoms with E-state index in [4.69, 9.17) is 9.63 Å². The Bertz CT molecular complexity index is 579. The molecule has 0 unspecified atom stereocenters. The Kier molecular flexibility index (Phi) is 3.89. The van der Waals surface area contributed by atoms with Gasteiger partial charge in [-0.2, -0.15) is 0 Å². The third-order valence-corrected chi connectivity index (χ3v) is 2.16. The van der Waals surface area contributed by atoms with Crippen LogP contribution < -0.4 is 5.48 Å². The van der Waals surface area contributed by atoms with Crippen molar-refractivity contribution in [3.63, 3.8) is 0 Å². The van der Waals surface area contributed by atoms with Crippen LogP contribution in [0.1, 0.15) is 10.6 Å². The Morgan fingerprint density at radius 3 is 2.74 bits per heavy atom. The Hall–Kier alpha value is -2.67. The van der Waals surface area contributed by atoms with Crippen molar-refractivity contribution in [3.05, 3.63) is 42.2 Å². The lowest BCUT2D eigenvalue weighted by Crippen LogP contribution is -2.26. The van der Waals surface area contributed by atoms with Gasteiger partial charge >= 0.3 is 11.9 Å². The molecular formula is C12H10N2O5. The summed E-state index contributed by atoms with van der Waals surface area (Å²) in [4.78, 5) is 26.1. The quantitative estimate of drug-likeness (QED) is 0.782. The molecule has 0 aliphatic carbocycles. The monoisotopic (exact) mass is 262 g/mol. The second kappa shape index (κ2) is 5.78. The second-order valence-corrected chi connectivity index (χ2v) is 3.56. The van der Waals surface area contributed by atoms with Crippen LogP contribution >= 0.6 is 0 Å². The number of nitrogens with zero attached hydrogens (tertiary/aromatic N) is 1. The van der Waals surface area contributed by atoms with Gasteiger partial charge in [-0.25, -0.2) is 10.3 Å². The average Bonchev–Trinajstić information content (AvgIpc) is 2.89. The van der Waals surface area contributed by atoms with E-state index in [0.29, 0.717) is 5.69 Å². The number of carbonyl (C=O) groups is 2. The van der Waals surface area contributed by atoms with Gasteiger partial charge in [-0.05, 0) is 0 Å². The third-order valence-electron chi connectivity index (χ3n) is 2.16. The van der Waals surface area contributed by atoms with Gasteiger partial charge in [0.05, 0.1) is 0 Å². The molecule has 1 aromatic heterocycles. The van der Waals surface area contributed by atoms with Crippen molar-refractivity contribution in [2.75, 3.05) is 6.61 Å². The maximum absolute atomic E-state index is 11.5. The largest absolute Gasteiger partial charge is 0.479 e. The maximum atomic E-state index is 11.5. The number of aromatic nitrogens is 1. The van der Waals surface area contributed by atoms with E-state index in [1.54, 1.807) is 0 Å². The number of benzene rings is 1. The first-order valence-corrected chi connectivity index (χ1v) is 5.33. The highest BCUT2D eigenvalue weighted by atomic mass is 16.7. The SMILES string of the molecule is O=C(O)CONC(=O)c1cc(-c2ccccc2)no1. The number of hydrogen-bond acceptors (Lipinski definition) is 5. The summed E-state index contributed by atoms with van der Waals surface area (Å²) in [6.07, 6.45) is 0. The number of aliphatic carboxylic acids is 1. The molecule has 2 rings (SSSR count). The Labute approximate surface area is 107 Å². The van der Waals surface area contributed by atoms with Crippen LogP contribution in [0.15, 0.2) is 40.9 Å². The van der Waals surface area contributed by atoms with Gasteiger partial charge in [0.15, 0.2) is 6.61 Å². The lowest BCUT2D eigenvalue weighted by Gasteiger charge is -1.99. The normalized spacial score (nSPS) is 10.1. The molecule has 19 heavy (non-hydrogen) atoms. The summed E-state index contributed by atoms with van der Waals surface area (Å²) in [5.41, 5.74) is 3.25. The molecule has 0 aliphatic rings. The number of hydrogen-bond donors (Lipinski definition) is 2. The first-order valence-electron chi connectivity index (χ1n) is 5.33. The van der Waals surface area contributed by atoms with Crippen LogP contribution in [0.3, 0.4) is 0 Å². The molecule has 0 atom stereocenters. The molecule has 0 saturated heterocycles. The first kappa shape index (κ1) is 12.8. The molecule has 1 amide bonds. The number of carboxylic acid groups (broad SMARTS) is 1. The smallest absolute Gasteiger partial charge is 0.332 e. The van der Waals surface area contributed by atoms with Gasteiger partial charge in [-0.3, -0.25) is 9.63 Å². The maximum Gasteiger partial charge on any atom is 0.332 e. The second-order valence-electron chi connectivity index (χ2n) is 3.56. The third kappa shape index (κ3) is 3.39. The highest BCUT2D eigenvalue weighted by molar-refractivity contribution is 5.91. The number of nitrogens with one attached hydrogen (secondary N) is 1. The fourth-order valence-corrected chi connectivity index (χ4v) is 1.34. The van der Waals surface area contributed by atoms with Crippen LogP contribution in [0.5, 0.6) is 0 Å². The molecule has 7 nitrogen and oxygen atoms in total. The Balaban J connectivity index is 2.01. The van der Waals surface area contributed by atoms with Crippen molar-refractivity contribution >= 4 is 11.9 Å². The molecule has 7 heteroatoms. The molecular weight excluding hydrogens is 252 g/mol. The van der Waals surface area contributed by atoms with E-state index >= 15 is 0 Å². The van der Waals surface area contributed by atoms with Crippen LogP contribution in [-0.4, -0.2) is 28.7 Å². The molecule has 0 fully saturated rings. The first-order chi connectivity index (χ1) is 9.16. The predicted molar refractivity (Wildman–Crippen MR) is 63.0 cm³/mol. The zero-order chi connectivity index (χ0) is 13.7. The zero-order valence-corrected chi connectivity index (χ0v) is 9.70. The van der Waals surface area contributed by atoms with E-state index in [9.17, 15) is 9.59 Å². The van der Waals surface area contributed by atoms with E-state index in [2.05, 4.69) is 9.99 Å². The minimum atomic E-state index is -1.19. The molecule has 1 heterocycles. The zero-order valence-electron chi connectivity index (χ0n) is 9.70. The topological polar surface area (TPSA) is 102 Å². The molecule has 0 bridgehead atoms. The van der Waals surface area contributed by atoms with Crippen LogP contribution in [0, 0.1) is 0 Å². The van der Waals surface area contributed by atoms with Crippen molar-refractivity contribution in [3.8, 4) is 11.3 Å². The molecule has 98 valence electrons. The van der Waals surface area contributed by atoms with E-state index in [0.717, 1.165) is 5.56 Å². The Morgan fingerprint density at radius 2 is 2.05 bits per heavy atom. The summed E-state index contributed by atoms with van der Waals surface area (Å²) in [5.74, 6) is -1.96. The lowest BCUT2D eigenvalue weighted by molar-refractivity contribution is -0.144. The summed E-state index contributed by atoms with van der Waals surface area (Å²) in [6, 6.07) is 10.6. The van der Waals surface area contributed by atoms with Gasteiger partial charge in [0, 0.05) is 11.6 Å². The Morgan fingerprint density at radius 1 is 1.32 bits per heavy atom. The van der Waals surface area contributed by atoms with Crippen molar-refractivity contribution in [2.45, 2.75) is 0 Å². The van der Waals surface area contributed by atoms with Crippen LogP contribution in [-0.2, 0) is 9.63 Å². The molecule has 0 spiro atoms. The minimum absolute atomic E-state index is 0.0655. The molecule has 2 N–H and O–H groups in total. The molecule has 2 aromatic rings.